The minimum atomic E-state index is -0.447. The number of nitrogens with zero attached hydrogens (tertiary/aromatic N) is 2. The lowest BCUT2D eigenvalue weighted by Crippen LogP contribution is -2.21. The van der Waals surface area contributed by atoms with Crippen molar-refractivity contribution in [1.82, 2.24) is 9.97 Å². The summed E-state index contributed by atoms with van der Waals surface area (Å²) in [5.41, 5.74) is 1.27. The van der Waals surface area contributed by atoms with Gasteiger partial charge in [-0.1, -0.05) is 13.8 Å². The number of nitrogens with one attached hydrogen (secondary N) is 2. The van der Waals surface area contributed by atoms with Gasteiger partial charge >= 0.3 is 0 Å². The van der Waals surface area contributed by atoms with Gasteiger partial charge in [-0.25, -0.2) is 4.98 Å². The van der Waals surface area contributed by atoms with Crippen molar-refractivity contribution in [2.45, 2.75) is 26.4 Å². The van der Waals surface area contributed by atoms with Crippen molar-refractivity contribution < 1.29 is 10.0 Å². The molecule has 0 aliphatic heterocycles. The number of hydrogen-bond donors (Lipinski definition) is 3. The minimum absolute atomic E-state index is 0.0209. The largest absolute Gasteiger partial charge is 0.391 e. The standard InChI is InChI=1S/C13H18N4O3/c1-8(2)5-10(18)7-14-13-15-11-4-3-9(17(19)20)6-12(11)16-13/h3-4,6,8,10,18H,5,7H2,1-2H3,(H2,14,15,16). The van der Waals surface area contributed by atoms with Gasteiger partial charge in [0.25, 0.3) is 5.69 Å². The number of aliphatic hydroxyl groups excluding tert-OH is 1. The first kappa shape index (κ1) is 14.3. The Morgan fingerprint density at radius 2 is 2.25 bits per heavy atom. The SMILES string of the molecule is CC(C)CC(O)CNc1nc2ccc([N+](=O)[O-])cc2[nH]1. The van der Waals surface area contributed by atoms with E-state index in [0.29, 0.717) is 35.9 Å². The summed E-state index contributed by atoms with van der Waals surface area (Å²) < 4.78 is 0. The van der Waals surface area contributed by atoms with E-state index in [-0.39, 0.29) is 5.69 Å². The second-order valence-corrected chi connectivity index (χ2v) is 5.21. The van der Waals surface area contributed by atoms with E-state index in [1.54, 1.807) is 6.07 Å². The van der Waals surface area contributed by atoms with Crippen LogP contribution >= 0.6 is 0 Å². The van der Waals surface area contributed by atoms with E-state index in [2.05, 4.69) is 15.3 Å². The molecule has 1 aromatic heterocycles. The molecule has 0 bridgehead atoms. The zero-order valence-corrected chi connectivity index (χ0v) is 11.5. The summed E-state index contributed by atoms with van der Waals surface area (Å²) in [5, 5.41) is 23.5. The number of non-ortho nitro benzene ring substituents is 1. The lowest BCUT2D eigenvalue weighted by atomic mass is 10.1. The van der Waals surface area contributed by atoms with Crippen molar-refractivity contribution in [3.8, 4) is 0 Å². The Kier molecular flexibility index (Phi) is 4.19. The van der Waals surface area contributed by atoms with Crippen LogP contribution in [-0.2, 0) is 0 Å². The molecule has 1 atom stereocenters. The van der Waals surface area contributed by atoms with Gasteiger partial charge in [0.15, 0.2) is 0 Å². The normalized spacial score (nSPS) is 12.8. The van der Waals surface area contributed by atoms with Crippen LogP contribution in [0.4, 0.5) is 11.6 Å². The highest BCUT2D eigenvalue weighted by Gasteiger charge is 2.11. The number of aromatic nitrogens is 2. The quantitative estimate of drug-likeness (QED) is 0.555. The molecule has 0 radical (unpaired) electrons. The molecular weight excluding hydrogens is 260 g/mol. The molecule has 1 heterocycles. The molecule has 0 spiro atoms. The topological polar surface area (TPSA) is 104 Å². The van der Waals surface area contributed by atoms with Gasteiger partial charge in [-0.3, -0.25) is 10.1 Å². The molecule has 7 heteroatoms. The molecule has 0 amide bonds. The number of imidazole rings is 1. The number of fused-ring (bicyclic) bond motifs is 1. The molecule has 0 aliphatic carbocycles. The maximum Gasteiger partial charge on any atom is 0.271 e. The van der Waals surface area contributed by atoms with Crippen molar-refractivity contribution in [2.24, 2.45) is 5.92 Å². The maximum atomic E-state index is 10.7. The Morgan fingerprint density at radius 1 is 1.50 bits per heavy atom. The van der Waals surface area contributed by atoms with Gasteiger partial charge in [0.1, 0.15) is 0 Å². The first-order valence-corrected chi connectivity index (χ1v) is 6.52. The van der Waals surface area contributed by atoms with E-state index in [1.165, 1.54) is 12.1 Å². The third kappa shape index (κ3) is 3.45. The third-order valence-corrected chi connectivity index (χ3v) is 2.92. The number of hydrogen-bond acceptors (Lipinski definition) is 5. The molecular formula is C13H18N4O3. The molecule has 20 heavy (non-hydrogen) atoms. The summed E-state index contributed by atoms with van der Waals surface area (Å²) in [6.07, 6.45) is 0.260. The smallest absolute Gasteiger partial charge is 0.271 e. The summed E-state index contributed by atoms with van der Waals surface area (Å²) in [6.45, 7) is 4.48. The summed E-state index contributed by atoms with van der Waals surface area (Å²) in [5.74, 6) is 0.924. The molecule has 108 valence electrons. The lowest BCUT2D eigenvalue weighted by molar-refractivity contribution is -0.384. The average molecular weight is 278 g/mol. The Bertz CT molecular complexity index is 609. The van der Waals surface area contributed by atoms with Crippen LogP contribution in [0.25, 0.3) is 11.0 Å². The van der Waals surface area contributed by atoms with Gasteiger partial charge in [-0.05, 0) is 18.4 Å². The zero-order chi connectivity index (χ0) is 14.7. The van der Waals surface area contributed by atoms with Crippen molar-refractivity contribution in [3.63, 3.8) is 0 Å². The van der Waals surface area contributed by atoms with Gasteiger partial charge in [-0.2, -0.15) is 0 Å². The van der Waals surface area contributed by atoms with Crippen LogP contribution < -0.4 is 5.32 Å². The lowest BCUT2D eigenvalue weighted by Gasteiger charge is -2.12. The van der Waals surface area contributed by atoms with Gasteiger partial charge in [0, 0.05) is 18.7 Å². The van der Waals surface area contributed by atoms with Crippen LogP contribution in [0.1, 0.15) is 20.3 Å². The maximum absolute atomic E-state index is 10.7. The van der Waals surface area contributed by atoms with Crippen LogP contribution in [0.2, 0.25) is 0 Å². The molecule has 2 rings (SSSR count). The number of anilines is 1. The Labute approximate surface area is 116 Å². The zero-order valence-electron chi connectivity index (χ0n) is 11.5. The molecule has 1 unspecified atom stereocenters. The number of H-pyrrole nitrogens is 1. The Hall–Kier alpha value is -2.15. The second-order valence-electron chi connectivity index (χ2n) is 5.21. The van der Waals surface area contributed by atoms with E-state index >= 15 is 0 Å². The molecule has 1 aromatic carbocycles. The summed E-state index contributed by atoms with van der Waals surface area (Å²) in [7, 11) is 0. The van der Waals surface area contributed by atoms with Crippen molar-refractivity contribution in [1.29, 1.82) is 0 Å². The van der Waals surface area contributed by atoms with E-state index in [1.807, 2.05) is 13.8 Å². The minimum Gasteiger partial charge on any atom is -0.391 e. The van der Waals surface area contributed by atoms with E-state index < -0.39 is 11.0 Å². The van der Waals surface area contributed by atoms with Crippen LogP contribution in [0.5, 0.6) is 0 Å². The van der Waals surface area contributed by atoms with Crippen LogP contribution in [0, 0.1) is 16.0 Å². The van der Waals surface area contributed by atoms with Gasteiger partial charge in [0.05, 0.1) is 22.1 Å². The molecule has 3 N–H and O–H groups in total. The van der Waals surface area contributed by atoms with Crippen molar-refractivity contribution >= 4 is 22.7 Å². The number of nitro groups is 1. The number of aromatic amines is 1. The fourth-order valence-electron chi connectivity index (χ4n) is 2.04. The summed E-state index contributed by atoms with van der Waals surface area (Å²) >= 11 is 0. The fourth-order valence-corrected chi connectivity index (χ4v) is 2.04. The number of nitro benzene ring substituents is 1. The number of benzene rings is 1. The van der Waals surface area contributed by atoms with Crippen LogP contribution in [0.3, 0.4) is 0 Å². The predicted molar refractivity (Wildman–Crippen MR) is 76.7 cm³/mol. The summed E-state index contributed by atoms with van der Waals surface area (Å²) in [4.78, 5) is 17.5. The fraction of sp³-hybridized carbons (Fsp3) is 0.462. The Balaban J connectivity index is 2.06. The van der Waals surface area contributed by atoms with Crippen molar-refractivity contribution in [3.05, 3.63) is 28.3 Å². The van der Waals surface area contributed by atoms with E-state index in [4.69, 9.17) is 0 Å². The van der Waals surface area contributed by atoms with E-state index in [9.17, 15) is 15.2 Å². The highest BCUT2D eigenvalue weighted by atomic mass is 16.6. The third-order valence-electron chi connectivity index (χ3n) is 2.92. The first-order valence-electron chi connectivity index (χ1n) is 6.52. The Morgan fingerprint density at radius 3 is 2.90 bits per heavy atom. The van der Waals surface area contributed by atoms with Crippen molar-refractivity contribution in [2.75, 3.05) is 11.9 Å². The molecule has 0 aliphatic rings. The highest BCUT2D eigenvalue weighted by Crippen LogP contribution is 2.20. The van der Waals surface area contributed by atoms with Gasteiger partial charge < -0.3 is 15.4 Å². The van der Waals surface area contributed by atoms with Crippen LogP contribution in [-0.4, -0.2) is 32.6 Å². The average Bonchev–Trinajstić information content (AvgIpc) is 2.77. The summed E-state index contributed by atoms with van der Waals surface area (Å²) in [6, 6.07) is 4.46. The first-order chi connectivity index (χ1) is 9.45. The molecule has 0 saturated carbocycles. The van der Waals surface area contributed by atoms with Gasteiger partial charge in [-0.15, -0.1) is 0 Å². The monoisotopic (exact) mass is 278 g/mol. The van der Waals surface area contributed by atoms with Crippen LogP contribution in [0.15, 0.2) is 18.2 Å². The highest BCUT2D eigenvalue weighted by molar-refractivity contribution is 5.79. The second kappa shape index (κ2) is 5.87. The molecule has 2 aromatic rings. The number of rotatable bonds is 6. The van der Waals surface area contributed by atoms with E-state index in [0.717, 1.165) is 0 Å². The number of aliphatic hydroxyl groups is 1. The molecule has 0 fully saturated rings. The van der Waals surface area contributed by atoms with Gasteiger partial charge in [0.2, 0.25) is 5.95 Å². The molecule has 0 saturated heterocycles. The predicted octanol–water partition coefficient (Wildman–Crippen LogP) is 2.29. The molecule has 7 nitrogen and oxygen atoms in total.